The topological polar surface area (TPSA) is 101 Å². The van der Waals surface area contributed by atoms with Crippen LogP contribution < -0.4 is 0 Å². The first-order chi connectivity index (χ1) is 19.5. The maximum absolute atomic E-state index is 16.3. The van der Waals surface area contributed by atoms with Gasteiger partial charge in [-0.1, -0.05) is 49.4 Å². The molecule has 0 aliphatic carbocycles. The summed E-state index contributed by atoms with van der Waals surface area (Å²) in [6, 6.07) is 21.1. The maximum atomic E-state index is 16.3. The summed E-state index contributed by atoms with van der Waals surface area (Å²) in [7, 11) is -6.63. The third kappa shape index (κ3) is 6.74. The number of aromatic nitrogens is 1. The zero-order valence-electron chi connectivity index (χ0n) is 24.6. The molecule has 3 atom stereocenters. The van der Waals surface area contributed by atoms with Gasteiger partial charge in [0.25, 0.3) is 0 Å². The highest BCUT2D eigenvalue weighted by atomic mass is 32.2. The van der Waals surface area contributed by atoms with E-state index in [-0.39, 0.29) is 23.3 Å². The van der Waals surface area contributed by atoms with Crippen molar-refractivity contribution in [3.8, 4) is 11.1 Å². The van der Waals surface area contributed by atoms with Gasteiger partial charge < -0.3 is 5.11 Å². The summed E-state index contributed by atoms with van der Waals surface area (Å²) in [4.78, 5) is 4.69. The van der Waals surface area contributed by atoms with Crippen molar-refractivity contribution in [3.05, 3.63) is 95.7 Å². The molecule has 0 amide bonds. The van der Waals surface area contributed by atoms with Gasteiger partial charge in [-0.05, 0) is 92.1 Å². The van der Waals surface area contributed by atoms with Crippen LogP contribution in [0.4, 0.5) is 4.39 Å². The van der Waals surface area contributed by atoms with Crippen LogP contribution in [0.2, 0.25) is 0 Å². The minimum Gasteiger partial charge on any atom is -0.386 e. The molecule has 3 unspecified atom stereocenters. The van der Waals surface area contributed by atoms with Gasteiger partial charge in [0.05, 0.1) is 15.7 Å². The largest absolute Gasteiger partial charge is 0.386 e. The minimum atomic E-state index is -3.42. The fourth-order valence-electron chi connectivity index (χ4n) is 5.35. The van der Waals surface area contributed by atoms with Crippen molar-refractivity contribution in [3.63, 3.8) is 0 Å². The first-order valence-corrected chi connectivity index (χ1v) is 17.8. The Morgan fingerprint density at radius 1 is 0.929 bits per heavy atom. The first-order valence-electron chi connectivity index (χ1n) is 13.9. The van der Waals surface area contributed by atoms with Gasteiger partial charge in [-0.25, -0.2) is 21.2 Å². The average molecular weight is 612 g/mol. The van der Waals surface area contributed by atoms with Crippen molar-refractivity contribution in [1.29, 1.82) is 0 Å². The van der Waals surface area contributed by atoms with E-state index >= 15 is 4.39 Å². The lowest BCUT2D eigenvalue weighted by atomic mass is 9.75. The second kappa shape index (κ2) is 11.9. The lowest BCUT2D eigenvalue weighted by molar-refractivity contribution is -0.107. The highest BCUT2D eigenvalue weighted by Gasteiger charge is 2.47. The van der Waals surface area contributed by atoms with E-state index in [4.69, 9.17) is 0 Å². The number of aliphatic hydroxyl groups is 1. The summed E-state index contributed by atoms with van der Waals surface area (Å²) in [5, 5.41) is 11.9. The average Bonchev–Trinajstić information content (AvgIpc) is 2.94. The Kier molecular flexibility index (Phi) is 8.98. The maximum Gasteiger partial charge on any atom is 0.175 e. The van der Waals surface area contributed by atoms with Crippen molar-refractivity contribution in [2.24, 2.45) is 0 Å². The number of rotatable bonds is 11. The van der Waals surface area contributed by atoms with E-state index in [2.05, 4.69) is 4.98 Å². The lowest BCUT2D eigenvalue weighted by Crippen LogP contribution is -2.46. The molecule has 0 aliphatic heterocycles. The van der Waals surface area contributed by atoms with E-state index in [9.17, 15) is 21.9 Å². The Bertz CT molecular complexity index is 1800. The molecule has 42 heavy (non-hydrogen) atoms. The third-order valence-electron chi connectivity index (χ3n) is 8.37. The van der Waals surface area contributed by atoms with Gasteiger partial charge in [0, 0.05) is 29.7 Å². The van der Waals surface area contributed by atoms with E-state index in [0.717, 1.165) is 39.4 Å². The highest BCUT2D eigenvalue weighted by Crippen LogP contribution is 2.42. The van der Waals surface area contributed by atoms with Gasteiger partial charge in [0.2, 0.25) is 0 Å². The van der Waals surface area contributed by atoms with Crippen LogP contribution in [0.25, 0.3) is 22.0 Å². The normalized spacial score (nSPS) is 16.1. The van der Waals surface area contributed by atoms with Crippen LogP contribution in [0.3, 0.4) is 0 Å². The molecule has 0 aliphatic rings. The molecule has 0 radical (unpaired) electrons. The summed E-state index contributed by atoms with van der Waals surface area (Å²) < 4.78 is 64.2. The minimum absolute atomic E-state index is 0.0933. The molecule has 0 saturated carbocycles. The number of hydrogen-bond acceptors (Lipinski definition) is 6. The van der Waals surface area contributed by atoms with Crippen LogP contribution in [0.5, 0.6) is 0 Å². The summed E-state index contributed by atoms with van der Waals surface area (Å²) in [6.45, 7) is 4.78. The Morgan fingerprint density at radius 3 is 2.24 bits per heavy atom. The Morgan fingerprint density at radius 2 is 1.62 bits per heavy atom. The number of aryl methyl sites for hydroxylation is 1. The quantitative estimate of drug-likeness (QED) is 0.216. The Labute approximate surface area is 248 Å². The fraction of sp³-hybridized carbons (Fsp3) is 0.364. The predicted octanol–water partition coefficient (Wildman–Crippen LogP) is 6.24. The Balaban J connectivity index is 1.64. The number of sulfone groups is 2. The lowest BCUT2D eigenvalue weighted by Gasteiger charge is -2.39. The second-order valence-electron chi connectivity index (χ2n) is 11.4. The molecule has 0 fully saturated rings. The van der Waals surface area contributed by atoms with Gasteiger partial charge in [0.1, 0.15) is 15.4 Å². The van der Waals surface area contributed by atoms with Crippen LogP contribution >= 0.6 is 0 Å². The van der Waals surface area contributed by atoms with Gasteiger partial charge in [-0.2, -0.15) is 0 Å². The zero-order chi connectivity index (χ0) is 30.9. The van der Waals surface area contributed by atoms with E-state index in [1.807, 2.05) is 48.5 Å². The number of halogens is 1. The third-order valence-corrected chi connectivity index (χ3v) is 11.1. The second-order valence-corrected chi connectivity index (χ2v) is 15.9. The predicted molar refractivity (Wildman–Crippen MR) is 167 cm³/mol. The van der Waals surface area contributed by atoms with Crippen molar-refractivity contribution >= 4 is 30.6 Å². The summed E-state index contributed by atoms with van der Waals surface area (Å²) in [5.41, 5.74) is 0.745. The molecule has 9 heteroatoms. The van der Waals surface area contributed by atoms with Crippen LogP contribution in [0.15, 0.2) is 83.9 Å². The zero-order valence-corrected chi connectivity index (χ0v) is 26.3. The monoisotopic (exact) mass is 611 g/mol. The van der Waals surface area contributed by atoms with E-state index < -0.39 is 36.2 Å². The SMILES string of the molecule is CCC(O)(CCc1cccc(-c2cc(CC(C)S(C)(=O)=O)cc3cccnc23)c1)C(C)(F)c1ccc(S(C)(=O)=O)cc1. The van der Waals surface area contributed by atoms with Crippen molar-refractivity contribution < 1.29 is 26.3 Å². The molecular weight excluding hydrogens is 573 g/mol. The molecule has 1 N–H and O–H groups in total. The van der Waals surface area contributed by atoms with Gasteiger partial charge in [-0.3, -0.25) is 4.98 Å². The van der Waals surface area contributed by atoms with Crippen molar-refractivity contribution in [1.82, 2.24) is 4.98 Å². The first kappa shape index (κ1) is 31.8. The summed E-state index contributed by atoms with van der Waals surface area (Å²) in [5.74, 6) is 0. The van der Waals surface area contributed by atoms with Crippen LogP contribution in [0.1, 0.15) is 50.3 Å². The molecule has 1 aromatic heterocycles. The molecule has 3 aromatic carbocycles. The highest BCUT2D eigenvalue weighted by molar-refractivity contribution is 7.91. The number of alkyl halides is 1. The van der Waals surface area contributed by atoms with Crippen molar-refractivity contribution in [2.75, 3.05) is 12.5 Å². The molecular formula is C33H38FNO5S2. The molecule has 4 rings (SSSR count). The van der Waals surface area contributed by atoms with Gasteiger partial charge >= 0.3 is 0 Å². The standard InChI is InChI=1S/C33H38FNO5S2/c1-6-33(36,32(3,34)28-12-14-29(15-13-28)42(5,39)40)17-16-24-9-7-10-26(20-24)30-22-25(19-23(2)41(4,37)38)21-27-11-8-18-35-31(27)30/h7-15,18,20-23,36H,6,16-17,19H2,1-5H3. The number of fused-ring (bicyclic) bond motifs is 1. The number of benzene rings is 3. The molecule has 0 saturated heterocycles. The van der Waals surface area contributed by atoms with Crippen LogP contribution in [-0.2, 0) is 38.2 Å². The molecule has 4 aromatic rings. The number of nitrogens with zero attached hydrogens (tertiary/aromatic N) is 1. The number of pyridine rings is 1. The molecule has 0 spiro atoms. The van der Waals surface area contributed by atoms with E-state index in [0.29, 0.717) is 12.8 Å². The molecule has 0 bridgehead atoms. The van der Waals surface area contributed by atoms with Gasteiger partial charge in [-0.15, -0.1) is 0 Å². The summed E-state index contributed by atoms with van der Waals surface area (Å²) >= 11 is 0. The molecule has 1 heterocycles. The Hall–Kier alpha value is -3.14. The number of hydrogen-bond donors (Lipinski definition) is 1. The van der Waals surface area contributed by atoms with E-state index in [1.165, 1.54) is 37.4 Å². The van der Waals surface area contributed by atoms with Crippen molar-refractivity contribution in [2.45, 2.75) is 67.9 Å². The van der Waals surface area contributed by atoms with Crippen LogP contribution in [-0.4, -0.2) is 50.3 Å². The molecule has 224 valence electrons. The van der Waals surface area contributed by atoms with Gasteiger partial charge in [0.15, 0.2) is 15.5 Å². The fourth-order valence-corrected chi connectivity index (χ4v) is 6.47. The van der Waals surface area contributed by atoms with Crippen LogP contribution in [0, 0.1) is 0 Å². The molecule has 6 nitrogen and oxygen atoms in total. The summed E-state index contributed by atoms with van der Waals surface area (Å²) in [6.07, 6.45) is 5.13. The van der Waals surface area contributed by atoms with E-state index in [1.54, 1.807) is 20.0 Å². The smallest absolute Gasteiger partial charge is 0.175 e.